The molecule has 0 saturated carbocycles. The van der Waals surface area contributed by atoms with Gasteiger partial charge in [0.1, 0.15) is 35.8 Å². The molecule has 0 amide bonds. The molecule has 0 aromatic heterocycles. The van der Waals surface area contributed by atoms with E-state index in [0.29, 0.717) is 11.3 Å². The van der Waals surface area contributed by atoms with Crippen LogP contribution in [0.25, 0.3) is 0 Å². The Hall–Kier alpha value is -5.99. The molecule has 50 heavy (non-hydrogen) atoms. The van der Waals surface area contributed by atoms with Gasteiger partial charge in [-0.25, -0.2) is 14.4 Å². The Morgan fingerprint density at radius 3 is 1.60 bits per heavy atom. The number of carbonyl (C=O) groups is 5. The molecule has 15 nitrogen and oxygen atoms in total. The molecule has 15 heteroatoms. The zero-order valence-corrected chi connectivity index (χ0v) is 28.5. The highest BCUT2D eigenvalue weighted by molar-refractivity contribution is 5.93. The van der Waals surface area contributed by atoms with Gasteiger partial charge in [-0.2, -0.15) is 5.11 Å². The van der Waals surface area contributed by atoms with E-state index in [9.17, 15) is 29.1 Å². The molecular formula is C35H39N3O12. The molecule has 3 aromatic rings. The summed E-state index contributed by atoms with van der Waals surface area (Å²) in [6.07, 6.45) is -0.209. The number of carboxylic acids is 1. The van der Waals surface area contributed by atoms with E-state index in [-0.39, 0.29) is 41.4 Å². The highest BCUT2D eigenvalue weighted by atomic mass is 16.6. The van der Waals surface area contributed by atoms with Gasteiger partial charge in [0.2, 0.25) is 0 Å². The predicted octanol–water partition coefficient (Wildman–Crippen LogP) is 4.60. The van der Waals surface area contributed by atoms with Crippen molar-refractivity contribution >= 4 is 29.8 Å². The Kier molecular flexibility index (Phi) is 13.0. The maximum atomic E-state index is 13.5. The van der Waals surface area contributed by atoms with Crippen molar-refractivity contribution in [3.8, 4) is 23.0 Å². The minimum absolute atomic E-state index is 0.153. The minimum atomic E-state index is -1.42. The molecule has 0 radical (unpaired) electrons. The maximum Gasteiger partial charge on any atom is 0.341 e. The summed E-state index contributed by atoms with van der Waals surface area (Å²) in [7, 11) is 2.81. The number of ether oxygens (including phenoxy) is 6. The fourth-order valence-corrected chi connectivity index (χ4v) is 4.19. The number of hydrogen-bond donors (Lipinski definition) is 2. The van der Waals surface area contributed by atoms with E-state index >= 15 is 0 Å². The van der Waals surface area contributed by atoms with Crippen molar-refractivity contribution in [2.24, 2.45) is 27.0 Å². The number of rotatable bonds is 16. The number of benzene rings is 3. The molecule has 0 aliphatic heterocycles. The van der Waals surface area contributed by atoms with Crippen molar-refractivity contribution in [1.82, 2.24) is 0 Å². The number of nitrogens with zero attached hydrogens (tertiary/aromatic N) is 2. The Morgan fingerprint density at radius 2 is 1.16 bits per heavy atom. The van der Waals surface area contributed by atoms with Crippen LogP contribution in [0.1, 0.15) is 54.0 Å². The number of carboxylic acid groups (broad SMARTS) is 1. The number of aliphatic carboxylic acids is 1. The van der Waals surface area contributed by atoms with E-state index in [4.69, 9.17) is 34.3 Å². The van der Waals surface area contributed by atoms with Gasteiger partial charge in [0, 0.05) is 6.42 Å². The summed E-state index contributed by atoms with van der Waals surface area (Å²) in [5.41, 5.74) is -2.18. The lowest BCUT2D eigenvalue weighted by atomic mass is 9.95. The highest BCUT2D eigenvalue weighted by Gasteiger charge is 2.36. The number of nitrogens with two attached hydrogens (primary N) is 1. The number of hydrogen-bond acceptors (Lipinski definition) is 13. The molecule has 266 valence electrons. The highest BCUT2D eigenvalue weighted by Crippen LogP contribution is 2.34. The van der Waals surface area contributed by atoms with Crippen LogP contribution >= 0.6 is 0 Å². The third-order valence-corrected chi connectivity index (χ3v) is 7.22. The van der Waals surface area contributed by atoms with Gasteiger partial charge in [-0.3, -0.25) is 9.59 Å². The third-order valence-electron chi connectivity index (χ3n) is 7.22. The summed E-state index contributed by atoms with van der Waals surface area (Å²) < 4.78 is 32.5. The Morgan fingerprint density at radius 1 is 0.700 bits per heavy atom. The van der Waals surface area contributed by atoms with E-state index in [1.807, 2.05) is 0 Å². The molecule has 0 aliphatic rings. The van der Waals surface area contributed by atoms with Crippen LogP contribution in [-0.2, 0) is 30.3 Å². The fraction of sp³-hybridized carbons (Fsp3) is 0.343. The summed E-state index contributed by atoms with van der Waals surface area (Å²) in [4.78, 5) is 64.0. The Bertz CT molecular complexity index is 1750. The summed E-state index contributed by atoms with van der Waals surface area (Å²) in [6.45, 7) is 5.13. The second-order valence-electron chi connectivity index (χ2n) is 12.2. The van der Waals surface area contributed by atoms with E-state index in [1.165, 1.54) is 72.2 Å². The van der Waals surface area contributed by atoms with Gasteiger partial charge in [-0.05, 0) is 69.7 Å². The maximum absolute atomic E-state index is 13.5. The van der Waals surface area contributed by atoms with E-state index in [0.717, 1.165) is 0 Å². The molecular weight excluding hydrogens is 654 g/mol. The first-order valence-electron chi connectivity index (χ1n) is 15.1. The molecule has 1 atom stereocenters. The lowest BCUT2D eigenvalue weighted by molar-refractivity contribution is -0.149. The normalized spacial score (nSPS) is 12.0. The lowest BCUT2D eigenvalue weighted by Crippen LogP contribution is -2.36. The molecule has 0 aliphatic carbocycles. The molecule has 0 fully saturated rings. The van der Waals surface area contributed by atoms with Gasteiger partial charge in [0.15, 0.2) is 17.5 Å². The van der Waals surface area contributed by atoms with Gasteiger partial charge in [0.05, 0.1) is 25.0 Å². The molecule has 0 bridgehead atoms. The van der Waals surface area contributed by atoms with Crippen molar-refractivity contribution in [3.05, 3.63) is 83.4 Å². The molecule has 3 rings (SSSR count). The summed E-state index contributed by atoms with van der Waals surface area (Å²) >= 11 is 0. The first-order valence-corrected chi connectivity index (χ1v) is 15.1. The van der Waals surface area contributed by atoms with Crippen LogP contribution in [0.5, 0.6) is 23.0 Å². The van der Waals surface area contributed by atoms with Gasteiger partial charge < -0.3 is 39.4 Å². The number of para-hydroxylation sites is 2. The first-order chi connectivity index (χ1) is 23.6. The average Bonchev–Trinajstić information content (AvgIpc) is 3.10. The quantitative estimate of drug-likeness (QED) is 0.0691. The van der Waals surface area contributed by atoms with Gasteiger partial charge in [-0.1, -0.05) is 35.6 Å². The SMILES string of the molecule is COc1ccccc1C(=O)OCC(C)(C)C(=O)Oc1ccc(C[C@H](N=NN)C(=O)O)cc1OC(=O)C(C)(C)COC(=O)c1ccccc1OC. The molecule has 0 heterocycles. The van der Waals surface area contributed by atoms with Crippen LogP contribution in [-0.4, -0.2) is 68.4 Å². The summed E-state index contributed by atoms with van der Waals surface area (Å²) in [6, 6.07) is 15.5. The van der Waals surface area contributed by atoms with Crippen molar-refractivity contribution in [2.75, 3.05) is 27.4 Å². The third kappa shape index (κ3) is 10.0. The minimum Gasteiger partial charge on any atom is -0.496 e. The van der Waals surface area contributed by atoms with Crippen LogP contribution in [0.2, 0.25) is 0 Å². The zero-order chi connectivity index (χ0) is 37.1. The smallest absolute Gasteiger partial charge is 0.341 e. The second-order valence-corrected chi connectivity index (χ2v) is 12.2. The molecule has 3 N–H and O–H groups in total. The largest absolute Gasteiger partial charge is 0.496 e. The summed E-state index contributed by atoms with van der Waals surface area (Å²) in [5.74, 6) is 0.702. The monoisotopic (exact) mass is 693 g/mol. The lowest BCUT2D eigenvalue weighted by Gasteiger charge is -2.25. The summed E-state index contributed by atoms with van der Waals surface area (Å²) in [5, 5.41) is 16.1. The van der Waals surface area contributed by atoms with Crippen molar-refractivity contribution in [3.63, 3.8) is 0 Å². The first kappa shape index (κ1) is 38.5. The van der Waals surface area contributed by atoms with E-state index < -0.39 is 53.3 Å². The number of esters is 4. The van der Waals surface area contributed by atoms with Gasteiger partial charge >= 0.3 is 29.8 Å². The molecule has 0 unspecified atom stereocenters. The van der Waals surface area contributed by atoms with Gasteiger partial charge in [-0.15, -0.1) is 0 Å². The van der Waals surface area contributed by atoms with Crippen LogP contribution in [0.3, 0.4) is 0 Å². The van der Waals surface area contributed by atoms with Crippen LogP contribution in [0, 0.1) is 10.8 Å². The van der Waals surface area contributed by atoms with Crippen molar-refractivity contribution in [2.45, 2.75) is 40.2 Å². The van der Waals surface area contributed by atoms with Crippen molar-refractivity contribution in [1.29, 1.82) is 0 Å². The average molecular weight is 694 g/mol. The van der Waals surface area contributed by atoms with Crippen LogP contribution in [0.4, 0.5) is 0 Å². The Balaban J connectivity index is 1.83. The second kappa shape index (κ2) is 16.9. The van der Waals surface area contributed by atoms with Gasteiger partial charge in [0.25, 0.3) is 0 Å². The number of carbonyl (C=O) groups excluding carboxylic acids is 4. The van der Waals surface area contributed by atoms with Crippen LogP contribution in [0.15, 0.2) is 77.1 Å². The molecule has 0 spiro atoms. The number of methoxy groups -OCH3 is 2. The molecule has 0 saturated heterocycles. The fourth-order valence-electron chi connectivity index (χ4n) is 4.19. The topological polar surface area (TPSA) is 212 Å². The van der Waals surface area contributed by atoms with Crippen molar-refractivity contribution < 1.29 is 57.5 Å². The van der Waals surface area contributed by atoms with Crippen LogP contribution < -0.4 is 24.8 Å². The predicted molar refractivity (Wildman–Crippen MR) is 176 cm³/mol. The van der Waals surface area contributed by atoms with E-state index in [2.05, 4.69) is 10.3 Å². The van der Waals surface area contributed by atoms with E-state index in [1.54, 1.807) is 36.4 Å². The Labute approximate surface area is 288 Å². The zero-order valence-electron chi connectivity index (χ0n) is 28.5. The standard InChI is InChI=1S/C35H39N3O12/c1-34(2,19-47-30(41)22-11-7-9-13-25(22)45-5)32(43)49-27-16-15-21(17-24(29(39)40)37-38-36)18-28(27)50-33(44)35(3,4)20-48-31(42)23-12-8-10-14-26(23)46-6/h7-16,18,24H,17,19-20H2,1-6H3,(H2,36,37)(H,39,40)/t24-/m0/s1. The molecule has 3 aromatic carbocycles.